The lowest BCUT2D eigenvalue weighted by atomic mass is 10.1. The van der Waals surface area contributed by atoms with Crippen molar-refractivity contribution in [3.63, 3.8) is 0 Å². The van der Waals surface area contributed by atoms with Crippen LogP contribution in [0.2, 0.25) is 0 Å². The van der Waals surface area contributed by atoms with E-state index in [-0.39, 0.29) is 18.3 Å². The van der Waals surface area contributed by atoms with Crippen LogP contribution < -0.4 is 4.74 Å². The van der Waals surface area contributed by atoms with E-state index in [1.165, 1.54) is 30.7 Å². The summed E-state index contributed by atoms with van der Waals surface area (Å²) in [5.74, 6) is 1.34. The van der Waals surface area contributed by atoms with E-state index in [2.05, 4.69) is 15.1 Å². The van der Waals surface area contributed by atoms with Crippen molar-refractivity contribution in [3.8, 4) is 28.7 Å². The van der Waals surface area contributed by atoms with E-state index in [9.17, 15) is 4.39 Å². The second-order valence-corrected chi connectivity index (χ2v) is 5.65. The second kappa shape index (κ2) is 6.79. The van der Waals surface area contributed by atoms with Crippen molar-refractivity contribution >= 4 is 0 Å². The molecule has 0 saturated carbocycles. The number of benzene rings is 2. The predicted molar refractivity (Wildman–Crippen MR) is 90.7 cm³/mol. The zero-order valence-electron chi connectivity index (χ0n) is 13.8. The largest absolute Gasteiger partial charge is 0.485 e. The van der Waals surface area contributed by atoms with Crippen molar-refractivity contribution in [2.75, 3.05) is 0 Å². The SMILES string of the molecule is Cc1ccc(-c2ocnc2-c2nc(COc3ccc(F)cc3)no2)cc1. The van der Waals surface area contributed by atoms with Gasteiger partial charge >= 0.3 is 0 Å². The maximum Gasteiger partial charge on any atom is 0.280 e. The number of hydrogen-bond acceptors (Lipinski definition) is 6. The van der Waals surface area contributed by atoms with Crippen LogP contribution in [0.4, 0.5) is 4.39 Å². The standard InChI is InChI=1S/C19H14FN3O3/c1-12-2-4-13(5-3-12)18-17(21-11-25-18)19-22-16(23-26-19)10-24-15-8-6-14(20)7-9-15/h2-9,11H,10H2,1H3. The molecule has 0 aliphatic heterocycles. The molecule has 130 valence electrons. The molecule has 0 bridgehead atoms. The van der Waals surface area contributed by atoms with E-state index >= 15 is 0 Å². The Morgan fingerprint density at radius 3 is 2.58 bits per heavy atom. The highest BCUT2D eigenvalue weighted by Crippen LogP contribution is 2.30. The minimum atomic E-state index is -0.325. The Balaban J connectivity index is 1.52. The molecule has 0 N–H and O–H groups in total. The highest BCUT2D eigenvalue weighted by atomic mass is 19.1. The van der Waals surface area contributed by atoms with E-state index in [1.807, 2.05) is 31.2 Å². The molecule has 0 unspecified atom stereocenters. The fourth-order valence-corrected chi connectivity index (χ4v) is 2.40. The van der Waals surface area contributed by atoms with Gasteiger partial charge in [-0.25, -0.2) is 9.37 Å². The molecule has 26 heavy (non-hydrogen) atoms. The quantitative estimate of drug-likeness (QED) is 0.530. The van der Waals surface area contributed by atoms with Crippen LogP contribution in [0.15, 0.2) is 63.9 Å². The first kappa shape index (κ1) is 16.0. The van der Waals surface area contributed by atoms with Crippen LogP contribution >= 0.6 is 0 Å². The van der Waals surface area contributed by atoms with Crippen LogP contribution in [0.25, 0.3) is 22.9 Å². The van der Waals surface area contributed by atoms with Crippen LogP contribution in [-0.2, 0) is 6.61 Å². The molecular weight excluding hydrogens is 337 g/mol. The number of ether oxygens (including phenoxy) is 1. The normalized spacial score (nSPS) is 10.8. The van der Waals surface area contributed by atoms with Crippen LogP contribution in [0.1, 0.15) is 11.4 Å². The molecule has 6 nitrogen and oxygen atoms in total. The van der Waals surface area contributed by atoms with Crippen molar-refractivity contribution in [2.45, 2.75) is 13.5 Å². The minimum absolute atomic E-state index is 0.0901. The second-order valence-electron chi connectivity index (χ2n) is 5.65. The molecule has 0 radical (unpaired) electrons. The molecule has 0 atom stereocenters. The lowest BCUT2D eigenvalue weighted by Crippen LogP contribution is -1.97. The Hall–Kier alpha value is -3.48. The van der Waals surface area contributed by atoms with E-state index in [0.717, 1.165) is 11.1 Å². The van der Waals surface area contributed by atoms with Gasteiger partial charge in [-0.15, -0.1) is 0 Å². The van der Waals surface area contributed by atoms with Crippen molar-refractivity contribution in [1.82, 2.24) is 15.1 Å². The average Bonchev–Trinajstić information content (AvgIpc) is 3.31. The number of halogens is 1. The molecule has 0 spiro atoms. The average molecular weight is 351 g/mol. The molecule has 4 aromatic rings. The molecule has 0 amide bonds. The summed E-state index contributed by atoms with van der Waals surface area (Å²) in [6, 6.07) is 13.5. The lowest BCUT2D eigenvalue weighted by Gasteiger charge is -2.01. The van der Waals surface area contributed by atoms with Gasteiger partial charge in [-0.1, -0.05) is 35.0 Å². The fourth-order valence-electron chi connectivity index (χ4n) is 2.40. The maximum atomic E-state index is 12.9. The zero-order valence-corrected chi connectivity index (χ0v) is 13.8. The van der Waals surface area contributed by atoms with Crippen LogP contribution in [0.3, 0.4) is 0 Å². The Bertz CT molecular complexity index is 1010. The van der Waals surface area contributed by atoms with Gasteiger partial charge in [-0.05, 0) is 31.2 Å². The molecule has 4 rings (SSSR count). The van der Waals surface area contributed by atoms with Gasteiger partial charge in [-0.2, -0.15) is 4.98 Å². The number of aryl methyl sites for hydroxylation is 1. The first-order chi connectivity index (χ1) is 12.7. The smallest absolute Gasteiger partial charge is 0.280 e. The van der Waals surface area contributed by atoms with Crippen molar-refractivity contribution in [3.05, 3.63) is 72.1 Å². The van der Waals surface area contributed by atoms with Crippen LogP contribution in [-0.4, -0.2) is 15.1 Å². The summed E-state index contributed by atoms with van der Waals surface area (Å²) in [4.78, 5) is 8.47. The van der Waals surface area contributed by atoms with E-state index < -0.39 is 0 Å². The molecular formula is C19H14FN3O3. The van der Waals surface area contributed by atoms with E-state index in [0.29, 0.717) is 23.0 Å². The van der Waals surface area contributed by atoms with Gasteiger partial charge in [0.15, 0.2) is 24.5 Å². The van der Waals surface area contributed by atoms with Gasteiger partial charge in [0, 0.05) is 5.56 Å². The zero-order chi connectivity index (χ0) is 17.9. The third-order valence-corrected chi connectivity index (χ3v) is 3.73. The summed E-state index contributed by atoms with van der Waals surface area (Å²) in [5, 5.41) is 3.89. The molecule has 0 aliphatic carbocycles. The highest BCUT2D eigenvalue weighted by molar-refractivity contribution is 5.72. The number of nitrogens with zero attached hydrogens (tertiary/aromatic N) is 3. The first-order valence-electron chi connectivity index (χ1n) is 7.91. The molecule has 7 heteroatoms. The number of oxazole rings is 1. The van der Waals surface area contributed by atoms with E-state index in [4.69, 9.17) is 13.7 Å². The minimum Gasteiger partial charge on any atom is -0.485 e. The summed E-state index contributed by atoms with van der Waals surface area (Å²) in [6.45, 7) is 2.10. The molecule has 2 aromatic carbocycles. The van der Waals surface area contributed by atoms with Gasteiger partial charge in [0.1, 0.15) is 11.6 Å². The number of rotatable bonds is 5. The summed E-state index contributed by atoms with van der Waals surface area (Å²) in [5.41, 5.74) is 2.48. The molecule has 2 heterocycles. The highest BCUT2D eigenvalue weighted by Gasteiger charge is 2.19. The van der Waals surface area contributed by atoms with Gasteiger partial charge in [0.25, 0.3) is 5.89 Å². The summed E-state index contributed by atoms with van der Waals surface area (Å²) >= 11 is 0. The predicted octanol–water partition coefficient (Wildman–Crippen LogP) is 4.42. The summed E-state index contributed by atoms with van der Waals surface area (Å²) in [6.07, 6.45) is 1.34. The third kappa shape index (κ3) is 3.32. The topological polar surface area (TPSA) is 74.2 Å². The fraction of sp³-hybridized carbons (Fsp3) is 0.105. The Kier molecular flexibility index (Phi) is 4.18. The van der Waals surface area contributed by atoms with Crippen molar-refractivity contribution in [2.24, 2.45) is 0 Å². The molecule has 0 fully saturated rings. The molecule has 2 aromatic heterocycles. The number of hydrogen-bond donors (Lipinski definition) is 0. The Morgan fingerprint density at radius 2 is 1.81 bits per heavy atom. The van der Waals surface area contributed by atoms with Gasteiger partial charge in [0.05, 0.1) is 0 Å². The summed E-state index contributed by atoms with van der Waals surface area (Å²) < 4.78 is 29.2. The monoisotopic (exact) mass is 351 g/mol. The summed E-state index contributed by atoms with van der Waals surface area (Å²) in [7, 11) is 0. The van der Waals surface area contributed by atoms with Gasteiger partial charge in [0.2, 0.25) is 5.82 Å². The first-order valence-corrected chi connectivity index (χ1v) is 7.91. The van der Waals surface area contributed by atoms with Gasteiger partial charge in [-0.3, -0.25) is 0 Å². The maximum absolute atomic E-state index is 12.9. The number of aromatic nitrogens is 3. The Labute approximate surface area is 148 Å². The third-order valence-electron chi connectivity index (χ3n) is 3.73. The molecule has 0 saturated heterocycles. The Morgan fingerprint density at radius 1 is 1.04 bits per heavy atom. The van der Waals surface area contributed by atoms with Crippen LogP contribution in [0, 0.1) is 12.7 Å². The molecule has 0 aliphatic rings. The van der Waals surface area contributed by atoms with Gasteiger partial charge < -0.3 is 13.7 Å². The van der Waals surface area contributed by atoms with Crippen LogP contribution in [0.5, 0.6) is 5.75 Å². The van der Waals surface area contributed by atoms with Crippen molar-refractivity contribution in [1.29, 1.82) is 0 Å². The van der Waals surface area contributed by atoms with Crippen molar-refractivity contribution < 1.29 is 18.1 Å². The lowest BCUT2D eigenvalue weighted by molar-refractivity contribution is 0.286. The van der Waals surface area contributed by atoms with E-state index in [1.54, 1.807) is 0 Å².